The summed E-state index contributed by atoms with van der Waals surface area (Å²) in [5, 5.41) is 0.475. The molecule has 13 heavy (non-hydrogen) atoms. The lowest BCUT2D eigenvalue weighted by Crippen LogP contribution is -1.88. The highest BCUT2D eigenvalue weighted by Crippen LogP contribution is 2.25. The van der Waals surface area contributed by atoms with Crippen molar-refractivity contribution in [3.8, 4) is 0 Å². The van der Waals surface area contributed by atoms with Crippen LogP contribution in [0, 0.1) is 5.82 Å². The molecule has 70 valence electrons. The third kappa shape index (κ3) is 2.82. The molecule has 1 aromatic rings. The highest BCUT2D eigenvalue weighted by atomic mass is 79.9. The second kappa shape index (κ2) is 4.77. The van der Waals surface area contributed by atoms with Crippen molar-refractivity contribution >= 4 is 27.5 Å². The van der Waals surface area contributed by atoms with Gasteiger partial charge in [0.1, 0.15) is 5.82 Å². The first kappa shape index (κ1) is 10.7. The predicted molar refractivity (Wildman–Crippen MR) is 57.6 cm³/mol. The van der Waals surface area contributed by atoms with Gasteiger partial charge in [0.15, 0.2) is 0 Å². The highest BCUT2D eigenvalue weighted by molar-refractivity contribution is 9.10. The minimum absolute atomic E-state index is 0.327. The fourth-order valence-corrected chi connectivity index (χ4v) is 1.65. The second-order valence-electron chi connectivity index (χ2n) is 2.69. The summed E-state index contributed by atoms with van der Waals surface area (Å²) in [4.78, 5) is 0. The zero-order chi connectivity index (χ0) is 9.84. The topological polar surface area (TPSA) is 0 Å². The molecular weight excluding hydrogens is 254 g/mol. The molecule has 0 nitrogen and oxygen atoms in total. The largest absolute Gasteiger partial charge is 0.206 e. The highest BCUT2D eigenvalue weighted by Gasteiger charge is 2.05. The molecule has 0 amide bonds. The number of benzene rings is 1. The Morgan fingerprint density at radius 1 is 1.54 bits per heavy atom. The average molecular weight is 264 g/mol. The maximum Gasteiger partial charge on any atom is 0.138 e. The number of hydrogen-bond donors (Lipinski definition) is 0. The van der Waals surface area contributed by atoms with Crippen molar-refractivity contribution in [3.05, 3.63) is 45.7 Å². The molecule has 0 fully saturated rings. The Balaban J connectivity index is 2.94. The maximum atomic E-state index is 12.9. The van der Waals surface area contributed by atoms with Crippen LogP contribution in [0.25, 0.3) is 0 Å². The van der Waals surface area contributed by atoms with E-state index in [0.717, 1.165) is 18.4 Å². The lowest BCUT2D eigenvalue weighted by molar-refractivity contribution is 0.620. The van der Waals surface area contributed by atoms with Crippen LogP contribution in [0.1, 0.15) is 12.0 Å². The fraction of sp³-hybridized carbons (Fsp3) is 0.200. The van der Waals surface area contributed by atoms with Gasteiger partial charge in [-0.3, -0.25) is 0 Å². The van der Waals surface area contributed by atoms with Crippen LogP contribution in [-0.4, -0.2) is 0 Å². The molecule has 0 saturated heterocycles. The molecule has 1 rings (SSSR count). The van der Waals surface area contributed by atoms with Gasteiger partial charge in [-0.2, -0.15) is 0 Å². The van der Waals surface area contributed by atoms with Gasteiger partial charge in [0.25, 0.3) is 0 Å². The minimum atomic E-state index is -0.327. The quantitative estimate of drug-likeness (QED) is 0.561. The van der Waals surface area contributed by atoms with E-state index in [2.05, 4.69) is 22.5 Å². The summed E-state index contributed by atoms with van der Waals surface area (Å²) in [5.41, 5.74) is 0.940. The summed E-state index contributed by atoms with van der Waals surface area (Å²) in [6.07, 6.45) is 3.45. The molecule has 3 heteroatoms. The predicted octanol–water partition coefficient (Wildman–Crippen LogP) is 4.36. The second-order valence-corrected chi connectivity index (χ2v) is 3.95. The Labute approximate surface area is 90.5 Å². The SMILES string of the molecule is C=CCCc1cc(Br)c(F)cc1Cl. The Bertz CT molecular complexity index is 323. The molecule has 0 radical (unpaired) electrons. The minimum Gasteiger partial charge on any atom is -0.206 e. The van der Waals surface area contributed by atoms with Gasteiger partial charge in [-0.25, -0.2) is 4.39 Å². The van der Waals surface area contributed by atoms with Crippen molar-refractivity contribution in [2.24, 2.45) is 0 Å². The van der Waals surface area contributed by atoms with E-state index in [1.165, 1.54) is 6.07 Å². The number of rotatable bonds is 3. The number of hydrogen-bond acceptors (Lipinski definition) is 0. The van der Waals surface area contributed by atoms with Crippen LogP contribution in [0.2, 0.25) is 5.02 Å². The molecule has 0 spiro atoms. The van der Waals surface area contributed by atoms with E-state index in [1.54, 1.807) is 6.07 Å². The Hall–Kier alpha value is -0.340. The van der Waals surface area contributed by atoms with Gasteiger partial charge in [-0.15, -0.1) is 6.58 Å². The summed E-state index contributed by atoms with van der Waals surface area (Å²) >= 11 is 8.95. The van der Waals surface area contributed by atoms with Crippen molar-refractivity contribution in [1.29, 1.82) is 0 Å². The first-order valence-corrected chi connectivity index (χ1v) is 5.06. The van der Waals surface area contributed by atoms with Crippen molar-refractivity contribution in [2.45, 2.75) is 12.8 Å². The lowest BCUT2D eigenvalue weighted by Gasteiger charge is -2.03. The molecular formula is C10H9BrClF. The van der Waals surface area contributed by atoms with Crippen LogP contribution in [-0.2, 0) is 6.42 Å². The molecule has 0 heterocycles. The summed E-state index contributed by atoms with van der Waals surface area (Å²) < 4.78 is 13.4. The van der Waals surface area contributed by atoms with Gasteiger partial charge in [-0.05, 0) is 46.5 Å². The molecule has 0 aliphatic heterocycles. The van der Waals surface area contributed by atoms with Crippen molar-refractivity contribution in [1.82, 2.24) is 0 Å². The van der Waals surface area contributed by atoms with Crippen molar-refractivity contribution in [3.63, 3.8) is 0 Å². The maximum absolute atomic E-state index is 12.9. The molecule has 1 aromatic carbocycles. The zero-order valence-corrected chi connectivity index (χ0v) is 9.33. The fourth-order valence-electron chi connectivity index (χ4n) is 1.01. The molecule has 0 aliphatic rings. The number of halogens is 3. The number of allylic oxidation sites excluding steroid dienone is 1. The van der Waals surface area contributed by atoms with Crippen LogP contribution in [0.5, 0.6) is 0 Å². The third-order valence-corrected chi connectivity index (χ3v) is 2.67. The van der Waals surface area contributed by atoms with E-state index >= 15 is 0 Å². The van der Waals surface area contributed by atoms with Crippen LogP contribution >= 0.6 is 27.5 Å². The van der Waals surface area contributed by atoms with Gasteiger partial charge in [0, 0.05) is 5.02 Å². The van der Waals surface area contributed by atoms with E-state index in [-0.39, 0.29) is 5.82 Å². The molecule has 0 aromatic heterocycles. The normalized spacial score (nSPS) is 10.1. The van der Waals surface area contributed by atoms with Crippen molar-refractivity contribution < 1.29 is 4.39 Å². The average Bonchev–Trinajstić information content (AvgIpc) is 2.09. The Morgan fingerprint density at radius 3 is 2.85 bits per heavy atom. The van der Waals surface area contributed by atoms with Gasteiger partial charge in [0.05, 0.1) is 4.47 Å². The van der Waals surface area contributed by atoms with Gasteiger partial charge in [0.2, 0.25) is 0 Å². The lowest BCUT2D eigenvalue weighted by atomic mass is 10.1. The molecule has 0 saturated carbocycles. The summed E-state index contributed by atoms with van der Waals surface area (Å²) in [6.45, 7) is 3.62. The monoisotopic (exact) mass is 262 g/mol. The van der Waals surface area contributed by atoms with E-state index < -0.39 is 0 Å². The van der Waals surface area contributed by atoms with Crippen LogP contribution < -0.4 is 0 Å². The Morgan fingerprint density at radius 2 is 2.23 bits per heavy atom. The first-order chi connectivity index (χ1) is 6.15. The summed E-state index contributed by atoms with van der Waals surface area (Å²) in [5.74, 6) is -0.327. The van der Waals surface area contributed by atoms with Gasteiger partial charge >= 0.3 is 0 Å². The summed E-state index contributed by atoms with van der Waals surface area (Å²) in [6, 6.07) is 3.03. The first-order valence-electron chi connectivity index (χ1n) is 3.89. The van der Waals surface area contributed by atoms with Crippen LogP contribution in [0.4, 0.5) is 4.39 Å². The standard InChI is InChI=1S/C10H9BrClF/c1-2-3-4-7-5-8(11)10(13)6-9(7)12/h2,5-6H,1,3-4H2. The van der Waals surface area contributed by atoms with E-state index in [1.807, 2.05) is 6.08 Å². The zero-order valence-electron chi connectivity index (χ0n) is 6.99. The smallest absolute Gasteiger partial charge is 0.138 e. The Kier molecular flexibility index (Phi) is 3.94. The molecule has 0 N–H and O–H groups in total. The molecule has 0 unspecified atom stereocenters. The molecule has 0 aliphatic carbocycles. The third-order valence-electron chi connectivity index (χ3n) is 1.71. The van der Waals surface area contributed by atoms with E-state index in [0.29, 0.717) is 9.50 Å². The molecule has 0 atom stereocenters. The van der Waals surface area contributed by atoms with E-state index in [9.17, 15) is 4.39 Å². The van der Waals surface area contributed by atoms with Crippen LogP contribution in [0.15, 0.2) is 29.3 Å². The molecule has 0 bridgehead atoms. The van der Waals surface area contributed by atoms with Crippen LogP contribution in [0.3, 0.4) is 0 Å². The summed E-state index contributed by atoms with van der Waals surface area (Å²) in [7, 11) is 0. The van der Waals surface area contributed by atoms with Gasteiger partial charge in [-0.1, -0.05) is 17.7 Å². The van der Waals surface area contributed by atoms with Gasteiger partial charge < -0.3 is 0 Å². The van der Waals surface area contributed by atoms with E-state index in [4.69, 9.17) is 11.6 Å². The van der Waals surface area contributed by atoms with Crippen molar-refractivity contribution in [2.75, 3.05) is 0 Å². The number of aryl methyl sites for hydroxylation is 1.